The molecule has 0 N–H and O–H groups in total. The van der Waals surface area contributed by atoms with Crippen LogP contribution in [0.3, 0.4) is 0 Å². The van der Waals surface area contributed by atoms with Crippen LogP contribution < -0.4 is 0 Å². The normalized spacial score (nSPS) is 9.57. The predicted molar refractivity (Wildman–Crippen MR) is 51.7 cm³/mol. The second-order valence-corrected chi connectivity index (χ2v) is 2.92. The van der Waals surface area contributed by atoms with Crippen molar-refractivity contribution in [3.8, 4) is 6.07 Å². The van der Waals surface area contributed by atoms with Gasteiger partial charge in [0.1, 0.15) is 6.10 Å². The molecule has 0 aliphatic rings. The largest absolute Gasteiger partial charge is 0.508 e. The summed E-state index contributed by atoms with van der Waals surface area (Å²) in [4.78, 5) is 11.0. The first kappa shape index (κ1) is 12.8. The van der Waals surface area contributed by atoms with Crippen LogP contribution in [0.2, 0.25) is 0 Å². The highest BCUT2D eigenvalue weighted by molar-refractivity contribution is 5.60. The average molecular weight is 199 g/mol. The SMILES string of the molecule is CCC(CC)OC(=O)OCCCC#N. The lowest BCUT2D eigenvalue weighted by molar-refractivity contribution is 0.0207. The number of nitrogens with zero attached hydrogens (tertiary/aromatic N) is 1. The number of hydrogen-bond acceptors (Lipinski definition) is 4. The van der Waals surface area contributed by atoms with Crippen LogP contribution in [0.1, 0.15) is 39.5 Å². The highest BCUT2D eigenvalue weighted by Gasteiger charge is 2.10. The molecule has 0 aliphatic heterocycles. The minimum Gasteiger partial charge on any atom is -0.434 e. The number of hydrogen-bond donors (Lipinski definition) is 0. The van der Waals surface area contributed by atoms with Crippen LogP contribution in [-0.4, -0.2) is 18.9 Å². The van der Waals surface area contributed by atoms with Gasteiger partial charge < -0.3 is 9.47 Å². The van der Waals surface area contributed by atoms with E-state index in [0.717, 1.165) is 12.8 Å². The van der Waals surface area contributed by atoms with E-state index >= 15 is 0 Å². The van der Waals surface area contributed by atoms with E-state index < -0.39 is 6.16 Å². The van der Waals surface area contributed by atoms with Gasteiger partial charge in [-0.3, -0.25) is 0 Å². The molecule has 0 saturated carbocycles. The monoisotopic (exact) mass is 199 g/mol. The Kier molecular flexibility index (Phi) is 7.62. The second kappa shape index (κ2) is 8.36. The maximum atomic E-state index is 11.0. The van der Waals surface area contributed by atoms with E-state index in [1.807, 2.05) is 19.9 Å². The predicted octanol–water partition coefficient (Wildman–Crippen LogP) is 2.63. The van der Waals surface area contributed by atoms with Gasteiger partial charge in [0, 0.05) is 6.42 Å². The van der Waals surface area contributed by atoms with Gasteiger partial charge in [-0.25, -0.2) is 4.79 Å². The van der Waals surface area contributed by atoms with Crippen LogP contribution in [0, 0.1) is 11.3 Å². The van der Waals surface area contributed by atoms with Gasteiger partial charge in [0.2, 0.25) is 0 Å². The fraction of sp³-hybridized carbons (Fsp3) is 0.800. The summed E-state index contributed by atoms with van der Waals surface area (Å²) >= 11 is 0. The van der Waals surface area contributed by atoms with Crippen molar-refractivity contribution in [1.82, 2.24) is 0 Å². The molecule has 0 heterocycles. The quantitative estimate of drug-likeness (QED) is 0.487. The summed E-state index contributed by atoms with van der Waals surface area (Å²) in [5.41, 5.74) is 0. The standard InChI is InChI=1S/C10H17NO3/c1-3-9(4-2)14-10(12)13-8-6-5-7-11/h9H,3-6,8H2,1-2H3. The zero-order valence-corrected chi connectivity index (χ0v) is 8.78. The molecule has 0 saturated heterocycles. The molecule has 0 aromatic heterocycles. The molecular formula is C10H17NO3. The Morgan fingerprint density at radius 1 is 1.43 bits per heavy atom. The van der Waals surface area contributed by atoms with E-state index in [1.165, 1.54) is 0 Å². The molecule has 0 amide bonds. The number of nitriles is 1. The molecule has 80 valence electrons. The molecule has 0 rings (SSSR count). The van der Waals surface area contributed by atoms with E-state index in [1.54, 1.807) is 0 Å². The summed E-state index contributed by atoms with van der Waals surface area (Å²) in [6.07, 6.45) is 1.87. The molecule has 0 aromatic carbocycles. The highest BCUT2D eigenvalue weighted by atomic mass is 16.7. The van der Waals surface area contributed by atoms with Crippen LogP contribution >= 0.6 is 0 Å². The van der Waals surface area contributed by atoms with E-state index in [-0.39, 0.29) is 12.7 Å². The molecular weight excluding hydrogens is 182 g/mol. The molecule has 0 aromatic rings. The maximum Gasteiger partial charge on any atom is 0.508 e. The summed E-state index contributed by atoms with van der Waals surface area (Å²) in [6.45, 7) is 4.17. The summed E-state index contributed by atoms with van der Waals surface area (Å²) in [5, 5.41) is 8.23. The van der Waals surface area contributed by atoms with Crippen molar-refractivity contribution in [1.29, 1.82) is 5.26 Å². The van der Waals surface area contributed by atoms with Crippen molar-refractivity contribution in [2.75, 3.05) is 6.61 Å². The first-order valence-corrected chi connectivity index (χ1v) is 4.94. The van der Waals surface area contributed by atoms with Crippen LogP contribution in [0.15, 0.2) is 0 Å². The smallest absolute Gasteiger partial charge is 0.434 e. The fourth-order valence-electron chi connectivity index (χ4n) is 0.932. The van der Waals surface area contributed by atoms with Gasteiger partial charge >= 0.3 is 6.16 Å². The summed E-state index contributed by atoms with van der Waals surface area (Å²) in [7, 11) is 0. The van der Waals surface area contributed by atoms with Gasteiger partial charge in [-0.05, 0) is 19.3 Å². The van der Waals surface area contributed by atoms with Crippen LogP contribution in [0.25, 0.3) is 0 Å². The van der Waals surface area contributed by atoms with Gasteiger partial charge in [0.15, 0.2) is 0 Å². The Morgan fingerprint density at radius 2 is 2.07 bits per heavy atom. The molecule has 0 atom stereocenters. The van der Waals surface area contributed by atoms with E-state index in [9.17, 15) is 4.79 Å². The number of rotatable bonds is 6. The van der Waals surface area contributed by atoms with Crippen molar-refractivity contribution in [3.05, 3.63) is 0 Å². The Morgan fingerprint density at radius 3 is 2.57 bits per heavy atom. The van der Waals surface area contributed by atoms with Gasteiger partial charge in [-0.2, -0.15) is 5.26 Å². The molecule has 4 heteroatoms. The van der Waals surface area contributed by atoms with Crippen molar-refractivity contribution in [2.45, 2.75) is 45.6 Å². The molecule has 0 radical (unpaired) electrons. The molecule has 0 unspecified atom stereocenters. The summed E-state index contributed by atoms with van der Waals surface area (Å²) in [6, 6.07) is 1.97. The second-order valence-electron chi connectivity index (χ2n) is 2.92. The van der Waals surface area contributed by atoms with Crippen LogP contribution in [0.4, 0.5) is 4.79 Å². The molecule has 0 bridgehead atoms. The summed E-state index contributed by atoms with van der Waals surface area (Å²) in [5.74, 6) is 0. The van der Waals surface area contributed by atoms with Crippen LogP contribution in [-0.2, 0) is 9.47 Å². The minimum absolute atomic E-state index is 0.0570. The third kappa shape index (κ3) is 6.30. The van der Waals surface area contributed by atoms with Crippen molar-refractivity contribution < 1.29 is 14.3 Å². The number of carbonyl (C=O) groups is 1. The van der Waals surface area contributed by atoms with Crippen molar-refractivity contribution in [2.24, 2.45) is 0 Å². The Hall–Kier alpha value is -1.24. The van der Waals surface area contributed by atoms with Crippen molar-refractivity contribution in [3.63, 3.8) is 0 Å². The number of ether oxygens (including phenoxy) is 2. The van der Waals surface area contributed by atoms with Crippen molar-refractivity contribution >= 4 is 6.16 Å². The molecule has 0 fully saturated rings. The van der Waals surface area contributed by atoms with Gasteiger partial charge in [-0.15, -0.1) is 0 Å². The molecule has 0 aliphatic carbocycles. The topological polar surface area (TPSA) is 59.3 Å². The highest BCUT2D eigenvalue weighted by Crippen LogP contribution is 2.04. The third-order valence-corrected chi connectivity index (χ3v) is 1.83. The fourth-order valence-corrected chi connectivity index (χ4v) is 0.932. The zero-order valence-electron chi connectivity index (χ0n) is 8.78. The van der Waals surface area contributed by atoms with E-state index in [4.69, 9.17) is 14.7 Å². The average Bonchev–Trinajstić information content (AvgIpc) is 2.21. The lowest BCUT2D eigenvalue weighted by Crippen LogP contribution is -2.17. The lowest BCUT2D eigenvalue weighted by Gasteiger charge is -2.13. The van der Waals surface area contributed by atoms with E-state index in [2.05, 4.69) is 0 Å². The minimum atomic E-state index is -0.628. The van der Waals surface area contributed by atoms with Gasteiger partial charge in [0.25, 0.3) is 0 Å². The maximum absolute atomic E-state index is 11.0. The molecule has 0 spiro atoms. The Bertz CT molecular complexity index is 194. The molecule has 14 heavy (non-hydrogen) atoms. The lowest BCUT2D eigenvalue weighted by atomic mass is 10.2. The Balaban J connectivity index is 3.50. The number of carbonyl (C=O) groups excluding carboxylic acids is 1. The third-order valence-electron chi connectivity index (χ3n) is 1.83. The van der Waals surface area contributed by atoms with Gasteiger partial charge in [0.05, 0.1) is 12.7 Å². The first-order valence-electron chi connectivity index (χ1n) is 4.94. The van der Waals surface area contributed by atoms with Gasteiger partial charge in [-0.1, -0.05) is 13.8 Å². The first-order chi connectivity index (χ1) is 6.74. The summed E-state index contributed by atoms with van der Waals surface area (Å²) < 4.78 is 9.75. The number of unbranched alkanes of at least 4 members (excludes halogenated alkanes) is 1. The van der Waals surface area contributed by atoms with Crippen LogP contribution in [0.5, 0.6) is 0 Å². The molecule has 4 nitrogen and oxygen atoms in total. The zero-order chi connectivity index (χ0) is 10.8. The Labute approximate surface area is 84.8 Å². The van der Waals surface area contributed by atoms with E-state index in [0.29, 0.717) is 12.8 Å².